The Morgan fingerprint density at radius 1 is 0.603 bits per heavy atom. The quantitative estimate of drug-likeness (QED) is 0.169. The number of para-hydroxylation sites is 3. The Hall–Kier alpha value is -6.84. The first kappa shape index (κ1) is 36.8. The number of nitriles is 1. The predicted octanol–water partition coefficient (Wildman–Crippen LogP) is 13.7. The minimum Gasteiger partial charge on any atom is -0.457 e. The van der Waals surface area contributed by atoms with Gasteiger partial charge in [0.25, 0.3) is 0 Å². The molecule has 3 heterocycles. The SMILES string of the molecule is Cc1cc(-n2c3ccccc3c3ccc(Oc4cccc(N5CN(c6cc(C(C)(C)C)cc(C(C)(C)C)c6)c6ccccc65)c4)cc32)ncc1-c1cccc(C#N)c1. The van der Waals surface area contributed by atoms with E-state index >= 15 is 0 Å². The number of anilines is 4. The van der Waals surface area contributed by atoms with Crippen LogP contribution >= 0.6 is 0 Å². The summed E-state index contributed by atoms with van der Waals surface area (Å²) in [5.74, 6) is 2.33. The normalized spacial score (nSPS) is 12.9. The molecule has 0 atom stereocenters. The molecule has 0 N–H and O–H groups in total. The van der Waals surface area contributed by atoms with Crippen LogP contribution in [0.2, 0.25) is 0 Å². The minimum absolute atomic E-state index is 0.0183. The van der Waals surface area contributed by atoms with Crippen molar-refractivity contribution in [1.29, 1.82) is 5.26 Å². The second-order valence-electron chi connectivity index (χ2n) is 17.4. The molecular formula is C52H47N5O. The largest absolute Gasteiger partial charge is 0.457 e. The number of pyridine rings is 1. The third kappa shape index (κ3) is 6.63. The van der Waals surface area contributed by atoms with Gasteiger partial charge in [-0.2, -0.15) is 5.26 Å². The van der Waals surface area contributed by atoms with Crippen LogP contribution in [0.1, 0.15) is 63.8 Å². The number of hydrogen-bond donors (Lipinski definition) is 0. The van der Waals surface area contributed by atoms with Crippen molar-refractivity contribution < 1.29 is 4.74 Å². The first-order valence-corrected chi connectivity index (χ1v) is 19.9. The van der Waals surface area contributed by atoms with E-state index in [9.17, 15) is 5.26 Å². The summed E-state index contributed by atoms with van der Waals surface area (Å²) in [6.07, 6.45) is 1.91. The van der Waals surface area contributed by atoms with Crippen molar-refractivity contribution in [2.75, 3.05) is 16.5 Å². The highest BCUT2D eigenvalue weighted by Crippen LogP contribution is 2.46. The summed E-state index contributed by atoms with van der Waals surface area (Å²) in [5, 5.41) is 11.8. The molecule has 0 aliphatic carbocycles. The smallest absolute Gasteiger partial charge is 0.137 e. The van der Waals surface area contributed by atoms with Crippen LogP contribution in [0.25, 0.3) is 38.8 Å². The molecular weight excluding hydrogens is 711 g/mol. The van der Waals surface area contributed by atoms with Gasteiger partial charge in [0.2, 0.25) is 0 Å². The van der Waals surface area contributed by atoms with Crippen molar-refractivity contribution in [3.05, 3.63) is 168 Å². The molecule has 1 aliphatic rings. The topological polar surface area (TPSA) is 57.3 Å². The van der Waals surface area contributed by atoms with Crippen molar-refractivity contribution in [2.45, 2.75) is 59.3 Å². The molecule has 286 valence electrons. The van der Waals surface area contributed by atoms with Crippen LogP contribution in [0.15, 0.2) is 146 Å². The zero-order valence-electron chi connectivity index (χ0n) is 34.2. The van der Waals surface area contributed by atoms with Crippen LogP contribution in [-0.2, 0) is 10.8 Å². The average Bonchev–Trinajstić information content (AvgIpc) is 3.76. The van der Waals surface area contributed by atoms with Crippen molar-refractivity contribution in [3.63, 3.8) is 0 Å². The van der Waals surface area contributed by atoms with Crippen molar-refractivity contribution >= 4 is 44.6 Å². The molecule has 1 aliphatic heterocycles. The van der Waals surface area contributed by atoms with Gasteiger partial charge in [0.15, 0.2) is 0 Å². The van der Waals surface area contributed by atoms with E-state index in [1.54, 1.807) is 0 Å². The zero-order chi connectivity index (χ0) is 40.3. The maximum Gasteiger partial charge on any atom is 0.137 e. The van der Waals surface area contributed by atoms with Crippen molar-refractivity contribution in [1.82, 2.24) is 9.55 Å². The third-order valence-electron chi connectivity index (χ3n) is 11.3. The van der Waals surface area contributed by atoms with Crippen LogP contribution in [0.5, 0.6) is 11.5 Å². The van der Waals surface area contributed by atoms with Crippen LogP contribution in [0.3, 0.4) is 0 Å². The molecule has 0 amide bonds. The first-order valence-electron chi connectivity index (χ1n) is 19.9. The standard InChI is InChI=1S/C52H47N5O/c1-34-24-50(54-32-45(34)36-15-12-14-35(25-36)31-53)57-46-19-9-8-18-43(46)44-23-22-42(30-49(44)57)58-41-17-13-16-39(29-41)55-33-56(48-21-11-10-20-47(48)55)40-27-37(51(2,3)4)26-38(28-40)52(5,6)7/h8-30,32H,33H2,1-7H3. The number of aryl methyl sites for hydroxylation is 1. The Balaban J connectivity index is 1.06. The minimum atomic E-state index is 0.0183. The number of ether oxygens (including phenoxy) is 1. The lowest BCUT2D eigenvalue weighted by molar-refractivity contribution is 0.483. The highest BCUT2D eigenvalue weighted by atomic mass is 16.5. The number of benzene rings is 6. The lowest BCUT2D eigenvalue weighted by Gasteiger charge is -2.29. The Morgan fingerprint density at radius 3 is 1.97 bits per heavy atom. The van der Waals surface area contributed by atoms with Gasteiger partial charge >= 0.3 is 0 Å². The second kappa shape index (κ2) is 14.0. The second-order valence-corrected chi connectivity index (χ2v) is 17.4. The van der Waals surface area contributed by atoms with Crippen molar-refractivity contribution in [3.8, 4) is 34.5 Å². The van der Waals surface area contributed by atoms with E-state index < -0.39 is 0 Å². The van der Waals surface area contributed by atoms with Crippen LogP contribution < -0.4 is 14.5 Å². The fraction of sp³-hybridized carbons (Fsp3) is 0.192. The Bertz CT molecular complexity index is 2890. The van der Waals surface area contributed by atoms with Gasteiger partial charge in [-0.05, 0) is 113 Å². The fourth-order valence-corrected chi connectivity index (χ4v) is 8.12. The summed E-state index contributed by atoms with van der Waals surface area (Å²) in [6.45, 7) is 16.5. The highest BCUT2D eigenvalue weighted by Gasteiger charge is 2.30. The highest BCUT2D eigenvalue weighted by molar-refractivity contribution is 6.09. The van der Waals surface area contributed by atoms with Gasteiger partial charge in [-0.1, -0.05) is 96.1 Å². The van der Waals surface area contributed by atoms with E-state index in [1.807, 2.05) is 36.5 Å². The zero-order valence-corrected chi connectivity index (χ0v) is 34.2. The number of aromatic nitrogens is 2. The monoisotopic (exact) mass is 757 g/mol. The van der Waals surface area contributed by atoms with Gasteiger partial charge in [0.1, 0.15) is 24.0 Å². The summed E-state index contributed by atoms with van der Waals surface area (Å²) in [7, 11) is 0. The van der Waals surface area contributed by atoms with Gasteiger partial charge in [-0.15, -0.1) is 0 Å². The van der Waals surface area contributed by atoms with E-state index in [4.69, 9.17) is 9.72 Å². The van der Waals surface area contributed by atoms with E-state index in [1.165, 1.54) is 22.5 Å². The molecule has 6 aromatic carbocycles. The summed E-state index contributed by atoms with van der Waals surface area (Å²) >= 11 is 0. The fourth-order valence-electron chi connectivity index (χ4n) is 8.12. The first-order chi connectivity index (χ1) is 27.9. The van der Waals surface area contributed by atoms with E-state index in [-0.39, 0.29) is 10.8 Å². The summed E-state index contributed by atoms with van der Waals surface area (Å²) in [4.78, 5) is 9.80. The summed E-state index contributed by atoms with van der Waals surface area (Å²) in [6, 6.07) is 51.0. The molecule has 2 aromatic heterocycles. The van der Waals surface area contributed by atoms with Gasteiger partial charge < -0.3 is 14.5 Å². The van der Waals surface area contributed by atoms with E-state index in [0.717, 1.165) is 67.2 Å². The molecule has 0 saturated heterocycles. The Labute approximate surface area is 341 Å². The Morgan fingerprint density at radius 2 is 1.26 bits per heavy atom. The number of rotatable bonds is 6. The molecule has 0 unspecified atom stereocenters. The molecule has 8 aromatic rings. The van der Waals surface area contributed by atoms with Gasteiger partial charge in [0.05, 0.1) is 34.0 Å². The maximum absolute atomic E-state index is 9.48. The number of fused-ring (bicyclic) bond motifs is 4. The molecule has 0 saturated carbocycles. The molecule has 9 rings (SSSR count). The summed E-state index contributed by atoms with van der Waals surface area (Å²) < 4.78 is 8.92. The average molecular weight is 758 g/mol. The van der Waals surface area contributed by atoms with Gasteiger partial charge in [-0.3, -0.25) is 4.57 Å². The number of nitrogens with zero attached hydrogens (tertiary/aromatic N) is 5. The Kier molecular flexibility index (Phi) is 8.86. The molecule has 0 fully saturated rings. The van der Waals surface area contributed by atoms with Gasteiger partial charge in [0, 0.05) is 46.0 Å². The molecule has 0 radical (unpaired) electrons. The lowest BCUT2D eigenvalue weighted by atomic mass is 9.80. The molecule has 0 spiro atoms. The van der Waals surface area contributed by atoms with Gasteiger partial charge in [-0.25, -0.2) is 4.98 Å². The van der Waals surface area contributed by atoms with Crippen LogP contribution in [0.4, 0.5) is 22.7 Å². The van der Waals surface area contributed by atoms with Crippen LogP contribution in [-0.4, -0.2) is 16.2 Å². The molecule has 6 heteroatoms. The van der Waals surface area contributed by atoms with E-state index in [0.29, 0.717) is 12.2 Å². The predicted molar refractivity (Wildman–Crippen MR) is 239 cm³/mol. The van der Waals surface area contributed by atoms with Crippen LogP contribution in [0, 0.1) is 18.3 Å². The summed E-state index contributed by atoms with van der Waals surface area (Å²) in [5.41, 5.74) is 13.1. The van der Waals surface area contributed by atoms with E-state index in [2.05, 4.69) is 178 Å². The maximum atomic E-state index is 9.48. The third-order valence-corrected chi connectivity index (χ3v) is 11.3. The van der Waals surface area contributed by atoms with Crippen molar-refractivity contribution in [2.24, 2.45) is 0 Å². The molecule has 0 bridgehead atoms. The molecule has 6 nitrogen and oxygen atoms in total. The lowest BCUT2D eigenvalue weighted by Crippen LogP contribution is -2.25. The molecule has 58 heavy (non-hydrogen) atoms. The number of hydrogen-bond acceptors (Lipinski definition) is 5.